The highest BCUT2D eigenvalue weighted by Gasteiger charge is 2.25. The zero-order chi connectivity index (χ0) is 17.1. The second-order valence-corrected chi connectivity index (χ2v) is 7.53. The van der Waals surface area contributed by atoms with E-state index in [1.165, 1.54) is 24.3 Å². The monoisotopic (exact) mass is 343 g/mol. The first-order valence-corrected chi connectivity index (χ1v) is 9.91. The number of benzene rings is 1. The van der Waals surface area contributed by atoms with Crippen molar-refractivity contribution in [1.29, 1.82) is 0 Å². The number of nitro benzene ring substituents is 1. The van der Waals surface area contributed by atoms with Gasteiger partial charge in [0.1, 0.15) is 5.75 Å². The molecule has 23 heavy (non-hydrogen) atoms. The Morgan fingerprint density at radius 1 is 1.04 bits per heavy atom. The molecule has 0 saturated heterocycles. The number of hydrogen-bond donors (Lipinski definition) is 0. The molecule has 130 valence electrons. The van der Waals surface area contributed by atoms with E-state index in [0.29, 0.717) is 18.5 Å². The molecule has 0 radical (unpaired) electrons. The molecule has 0 saturated carbocycles. The zero-order valence-corrected chi connectivity index (χ0v) is 14.8. The van der Waals surface area contributed by atoms with E-state index in [4.69, 9.17) is 9.05 Å². The third-order valence-corrected chi connectivity index (χ3v) is 5.29. The van der Waals surface area contributed by atoms with E-state index in [0.717, 1.165) is 38.5 Å². The van der Waals surface area contributed by atoms with Crippen LogP contribution in [0.25, 0.3) is 0 Å². The van der Waals surface area contributed by atoms with Gasteiger partial charge in [-0.3, -0.25) is 14.6 Å². The summed E-state index contributed by atoms with van der Waals surface area (Å²) in [4.78, 5) is 10.2. The Kier molecular flexibility index (Phi) is 8.89. The molecule has 1 aromatic rings. The molecule has 0 heterocycles. The van der Waals surface area contributed by atoms with Gasteiger partial charge < -0.3 is 4.52 Å². The topological polar surface area (TPSA) is 78.7 Å². The Hall–Kier alpha value is -1.39. The highest BCUT2D eigenvalue weighted by atomic mass is 31.2. The van der Waals surface area contributed by atoms with Crippen LogP contribution in [0, 0.1) is 10.1 Å². The van der Waals surface area contributed by atoms with Gasteiger partial charge >= 0.3 is 7.60 Å². The van der Waals surface area contributed by atoms with Gasteiger partial charge in [0.25, 0.3) is 5.69 Å². The van der Waals surface area contributed by atoms with Gasteiger partial charge in [0.15, 0.2) is 0 Å². The molecule has 0 aromatic heterocycles. The van der Waals surface area contributed by atoms with Gasteiger partial charge in [-0.25, -0.2) is 4.57 Å². The first-order valence-electron chi connectivity index (χ1n) is 8.18. The van der Waals surface area contributed by atoms with Gasteiger partial charge in [-0.15, -0.1) is 0 Å². The fourth-order valence-corrected chi connectivity index (χ4v) is 3.84. The van der Waals surface area contributed by atoms with Gasteiger partial charge in [-0.2, -0.15) is 0 Å². The molecule has 0 fully saturated rings. The van der Waals surface area contributed by atoms with Gasteiger partial charge in [-0.1, -0.05) is 39.5 Å². The van der Waals surface area contributed by atoms with Crippen LogP contribution in [0.15, 0.2) is 24.3 Å². The largest absolute Gasteiger partial charge is 0.424 e. The molecule has 0 amide bonds. The van der Waals surface area contributed by atoms with Crippen molar-refractivity contribution < 1.29 is 18.5 Å². The number of hydrogen-bond acceptors (Lipinski definition) is 5. The quantitative estimate of drug-likeness (QED) is 0.215. The lowest BCUT2D eigenvalue weighted by Crippen LogP contribution is -2.04. The van der Waals surface area contributed by atoms with Crippen molar-refractivity contribution in [2.45, 2.75) is 52.4 Å². The highest BCUT2D eigenvalue weighted by molar-refractivity contribution is 7.54. The number of rotatable bonds is 12. The van der Waals surface area contributed by atoms with Crippen LogP contribution in [-0.4, -0.2) is 17.7 Å². The van der Waals surface area contributed by atoms with Gasteiger partial charge in [0.05, 0.1) is 17.7 Å². The van der Waals surface area contributed by atoms with E-state index in [-0.39, 0.29) is 5.69 Å². The summed E-state index contributed by atoms with van der Waals surface area (Å²) in [5.41, 5.74) is -0.0266. The summed E-state index contributed by atoms with van der Waals surface area (Å²) in [5.74, 6) is 0.337. The molecule has 0 spiro atoms. The van der Waals surface area contributed by atoms with Crippen molar-refractivity contribution >= 4 is 13.3 Å². The summed E-state index contributed by atoms with van der Waals surface area (Å²) < 4.78 is 23.9. The predicted octanol–water partition coefficient (Wildman–Crippen LogP) is 5.56. The Labute approximate surface area is 137 Å². The van der Waals surface area contributed by atoms with E-state index in [9.17, 15) is 14.7 Å². The molecule has 6 nitrogen and oxygen atoms in total. The SMILES string of the molecule is CCCCCCOP(=O)(CCCC)Oc1ccc([N+](=O)[O-])cc1. The number of non-ortho nitro benzene ring substituents is 1. The molecule has 0 aliphatic rings. The first kappa shape index (κ1) is 19.7. The van der Waals surface area contributed by atoms with Crippen molar-refractivity contribution in [1.82, 2.24) is 0 Å². The number of nitro groups is 1. The van der Waals surface area contributed by atoms with Crippen molar-refractivity contribution in [3.05, 3.63) is 34.4 Å². The molecule has 1 atom stereocenters. The Morgan fingerprint density at radius 3 is 2.26 bits per heavy atom. The second kappa shape index (κ2) is 10.4. The van der Waals surface area contributed by atoms with E-state index >= 15 is 0 Å². The maximum absolute atomic E-state index is 12.8. The minimum Gasteiger partial charge on any atom is -0.424 e. The maximum atomic E-state index is 12.8. The predicted molar refractivity (Wildman–Crippen MR) is 91.2 cm³/mol. The molecular weight excluding hydrogens is 317 g/mol. The fraction of sp³-hybridized carbons (Fsp3) is 0.625. The molecule has 7 heteroatoms. The summed E-state index contributed by atoms with van der Waals surface area (Å²) in [6, 6.07) is 5.58. The third kappa shape index (κ3) is 7.62. The second-order valence-electron chi connectivity index (χ2n) is 5.42. The van der Waals surface area contributed by atoms with Crippen LogP contribution in [0.5, 0.6) is 5.75 Å². The standard InChI is InChI=1S/C16H26NO5P/c1-3-5-7-8-13-21-23(20,14-6-4-2)22-16-11-9-15(10-12-16)17(18)19/h9-12H,3-8,13-14H2,1-2H3. The lowest BCUT2D eigenvalue weighted by atomic mass is 10.2. The molecule has 0 N–H and O–H groups in total. The van der Waals surface area contributed by atoms with Crippen molar-refractivity contribution in [3.63, 3.8) is 0 Å². The van der Waals surface area contributed by atoms with E-state index in [2.05, 4.69) is 6.92 Å². The van der Waals surface area contributed by atoms with Crippen LogP contribution in [0.4, 0.5) is 5.69 Å². The molecule has 0 bridgehead atoms. The maximum Gasteiger partial charge on any atom is 0.379 e. The number of nitrogens with zero attached hydrogens (tertiary/aromatic N) is 1. The van der Waals surface area contributed by atoms with Crippen molar-refractivity contribution in [2.24, 2.45) is 0 Å². The summed E-state index contributed by atoms with van der Waals surface area (Å²) in [7, 11) is -3.22. The average Bonchev–Trinajstić information content (AvgIpc) is 2.53. The van der Waals surface area contributed by atoms with Gasteiger partial charge in [-0.05, 0) is 25.0 Å². The Bertz CT molecular complexity index is 518. The highest BCUT2D eigenvalue weighted by Crippen LogP contribution is 2.49. The lowest BCUT2D eigenvalue weighted by molar-refractivity contribution is -0.384. The van der Waals surface area contributed by atoms with Crippen LogP contribution in [0.3, 0.4) is 0 Å². The summed E-state index contributed by atoms with van der Waals surface area (Å²) in [5, 5.41) is 10.7. The van der Waals surface area contributed by atoms with Crippen LogP contribution in [0.2, 0.25) is 0 Å². The normalized spacial score (nSPS) is 13.5. The Morgan fingerprint density at radius 2 is 1.70 bits per heavy atom. The van der Waals surface area contributed by atoms with Crippen LogP contribution in [0.1, 0.15) is 52.4 Å². The van der Waals surface area contributed by atoms with Crippen molar-refractivity contribution in [3.8, 4) is 5.75 Å². The summed E-state index contributed by atoms with van der Waals surface area (Å²) >= 11 is 0. The van der Waals surface area contributed by atoms with Gasteiger partial charge in [0, 0.05) is 12.1 Å². The fourth-order valence-electron chi connectivity index (χ4n) is 2.01. The average molecular weight is 343 g/mol. The van der Waals surface area contributed by atoms with Crippen molar-refractivity contribution in [2.75, 3.05) is 12.8 Å². The van der Waals surface area contributed by atoms with Crippen LogP contribution >= 0.6 is 7.60 Å². The third-order valence-electron chi connectivity index (χ3n) is 3.36. The van der Waals surface area contributed by atoms with Gasteiger partial charge in [0.2, 0.25) is 0 Å². The molecule has 0 aliphatic heterocycles. The molecule has 0 aliphatic carbocycles. The van der Waals surface area contributed by atoms with Crippen LogP contribution < -0.4 is 4.52 Å². The smallest absolute Gasteiger partial charge is 0.379 e. The first-order chi connectivity index (χ1) is 11.0. The lowest BCUT2D eigenvalue weighted by Gasteiger charge is -2.19. The minimum absolute atomic E-state index is 0.0266. The molecule has 1 aromatic carbocycles. The van der Waals surface area contributed by atoms with E-state index in [1.54, 1.807) is 0 Å². The molecule has 1 rings (SSSR count). The van der Waals surface area contributed by atoms with E-state index in [1.807, 2.05) is 6.92 Å². The van der Waals surface area contributed by atoms with Crippen LogP contribution in [-0.2, 0) is 9.09 Å². The van der Waals surface area contributed by atoms with E-state index < -0.39 is 12.5 Å². The number of unbranched alkanes of at least 4 members (excludes halogenated alkanes) is 4. The summed E-state index contributed by atoms with van der Waals surface area (Å²) in [6.07, 6.45) is 6.16. The zero-order valence-electron chi connectivity index (χ0n) is 13.9. The summed E-state index contributed by atoms with van der Waals surface area (Å²) in [6.45, 7) is 4.55. The molecule has 1 unspecified atom stereocenters. The molecular formula is C16H26NO5P. The minimum atomic E-state index is -3.22. The Balaban J connectivity index is 2.64.